The summed E-state index contributed by atoms with van der Waals surface area (Å²) in [5.74, 6) is 1.24. The highest BCUT2D eigenvalue weighted by Crippen LogP contribution is 2.10. The molecule has 0 aromatic heterocycles. The zero-order chi connectivity index (χ0) is 21.1. The first-order valence-corrected chi connectivity index (χ1v) is 9.99. The van der Waals surface area contributed by atoms with Gasteiger partial charge in [0, 0.05) is 11.5 Å². The lowest BCUT2D eigenvalue weighted by molar-refractivity contribution is 0.424. The lowest BCUT2D eigenvalue weighted by Gasteiger charge is -2.02. The van der Waals surface area contributed by atoms with Gasteiger partial charge in [0.15, 0.2) is 10.3 Å². The summed E-state index contributed by atoms with van der Waals surface area (Å²) in [5, 5.41) is 49.5. The van der Waals surface area contributed by atoms with Crippen molar-refractivity contribution >= 4 is 59.0 Å². The molecule has 0 saturated heterocycles. The Bertz CT molecular complexity index is 697. The van der Waals surface area contributed by atoms with Gasteiger partial charge < -0.3 is 31.6 Å². The normalized spacial score (nSPS) is 9.86. The van der Waals surface area contributed by atoms with Crippen LogP contribution in [0.25, 0.3) is 0 Å². The van der Waals surface area contributed by atoms with Gasteiger partial charge in [0.1, 0.15) is 0 Å². The van der Waals surface area contributed by atoms with E-state index >= 15 is 0 Å². The van der Waals surface area contributed by atoms with Crippen molar-refractivity contribution in [1.29, 1.82) is 10.8 Å². The second kappa shape index (κ2) is 12.5. The van der Waals surface area contributed by atoms with Crippen molar-refractivity contribution in [1.82, 2.24) is 0 Å². The summed E-state index contributed by atoms with van der Waals surface area (Å²) in [6, 6.07) is 13.7. The van der Waals surface area contributed by atoms with Crippen molar-refractivity contribution in [2.75, 3.05) is 0 Å². The van der Waals surface area contributed by atoms with Crippen LogP contribution >= 0.6 is 23.5 Å². The van der Waals surface area contributed by atoms with Crippen molar-refractivity contribution < 1.29 is 20.1 Å². The van der Waals surface area contributed by atoms with Crippen LogP contribution in [0.4, 0.5) is 0 Å². The highest BCUT2D eigenvalue weighted by atomic mass is 32.2. The van der Waals surface area contributed by atoms with Gasteiger partial charge in [-0.15, -0.1) is 0 Å². The fourth-order valence-corrected chi connectivity index (χ4v) is 2.92. The van der Waals surface area contributed by atoms with E-state index in [1.165, 1.54) is 23.5 Å². The lowest BCUT2D eigenvalue weighted by Crippen LogP contribution is -2.29. The van der Waals surface area contributed by atoms with Crippen LogP contribution < -0.4 is 22.4 Å². The quantitative estimate of drug-likeness (QED) is 0.166. The fraction of sp³-hybridized carbons (Fsp3) is 0.125. The minimum Gasteiger partial charge on any atom is -0.423 e. The van der Waals surface area contributed by atoms with E-state index in [4.69, 9.17) is 42.4 Å². The Kier molecular flexibility index (Phi) is 10.8. The molecule has 2 rings (SSSR count). The second-order valence-electron chi connectivity index (χ2n) is 5.54. The highest BCUT2D eigenvalue weighted by Gasteiger charge is 2.10. The van der Waals surface area contributed by atoms with E-state index in [1.54, 1.807) is 48.5 Å². The van der Waals surface area contributed by atoms with Crippen LogP contribution in [-0.2, 0) is 11.5 Å². The maximum atomic E-state index is 8.83. The third kappa shape index (κ3) is 9.83. The first kappa shape index (κ1) is 24.1. The molecule has 28 heavy (non-hydrogen) atoms. The first-order chi connectivity index (χ1) is 13.2. The summed E-state index contributed by atoms with van der Waals surface area (Å²) >= 11 is 2.47. The molecule has 8 nitrogen and oxygen atoms in total. The van der Waals surface area contributed by atoms with Crippen LogP contribution in [0.5, 0.6) is 0 Å². The van der Waals surface area contributed by atoms with Crippen LogP contribution in [0, 0.1) is 10.8 Å². The molecule has 0 radical (unpaired) electrons. The molecular weight excluding hydrogens is 398 g/mol. The van der Waals surface area contributed by atoms with Gasteiger partial charge in [-0.25, -0.2) is 0 Å². The molecule has 0 saturated carbocycles. The van der Waals surface area contributed by atoms with Crippen molar-refractivity contribution in [2.24, 2.45) is 11.5 Å². The molecule has 0 fully saturated rings. The third-order valence-electron chi connectivity index (χ3n) is 3.34. The number of nitrogens with one attached hydrogen (secondary N) is 2. The van der Waals surface area contributed by atoms with Gasteiger partial charge in [-0.2, -0.15) is 0 Å². The molecular formula is C16H22B2N4O4S2. The Hall–Kier alpha value is -1.95. The van der Waals surface area contributed by atoms with E-state index in [2.05, 4.69) is 0 Å². The summed E-state index contributed by atoms with van der Waals surface area (Å²) in [6.07, 6.45) is 0. The van der Waals surface area contributed by atoms with Gasteiger partial charge >= 0.3 is 14.2 Å². The number of rotatable bonds is 6. The van der Waals surface area contributed by atoms with Crippen molar-refractivity contribution in [3.05, 3.63) is 59.7 Å². The molecule has 0 spiro atoms. The Labute approximate surface area is 172 Å². The van der Waals surface area contributed by atoms with E-state index in [9.17, 15) is 0 Å². The molecule has 0 unspecified atom stereocenters. The van der Waals surface area contributed by atoms with Gasteiger partial charge in [0.05, 0.1) is 0 Å². The molecule has 0 aliphatic heterocycles. The summed E-state index contributed by atoms with van der Waals surface area (Å²) < 4.78 is 0. The molecule has 2 aromatic rings. The van der Waals surface area contributed by atoms with E-state index < -0.39 is 14.2 Å². The summed E-state index contributed by atoms with van der Waals surface area (Å²) in [5.41, 5.74) is 13.3. The van der Waals surface area contributed by atoms with Crippen molar-refractivity contribution in [3.63, 3.8) is 0 Å². The topological polar surface area (TPSA) is 181 Å². The smallest absolute Gasteiger partial charge is 0.423 e. The number of thioether (sulfide) groups is 2. The molecule has 0 aliphatic carbocycles. The van der Waals surface area contributed by atoms with Crippen LogP contribution in [0.2, 0.25) is 0 Å². The molecule has 0 atom stereocenters. The van der Waals surface area contributed by atoms with Crippen LogP contribution in [0.3, 0.4) is 0 Å². The minimum absolute atomic E-state index is 0.0799. The van der Waals surface area contributed by atoms with Crippen LogP contribution in [-0.4, -0.2) is 44.7 Å². The van der Waals surface area contributed by atoms with E-state index in [0.29, 0.717) is 22.4 Å². The summed E-state index contributed by atoms with van der Waals surface area (Å²) in [4.78, 5) is 0. The zero-order valence-corrected chi connectivity index (χ0v) is 16.6. The van der Waals surface area contributed by atoms with Gasteiger partial charge in [0.2, 0.25) is 0 Å². The number of nitrogens with two attached hydrogens (primary N) is 2. The van der Waals surface area contributed by atoms with E-state index in [1.807, 2.05) is 0 Å². The maximum absolute atomic E-state index is 8.83. The van der Waals surface area contributed by atoms with Gasteiger partial charge in [-0.05, 0) is 22.1 Å². The van der Waals surface area contributed by atoms with Gasteiger partial charge in [0.25, 0.3) is 0 Å². The number of hydrogen-bond donors (Lipinski definition) is 8. The maximum Gasteiger partial charge on any atom is 0.488 e. The number of benzene rings is 2. The Morgan fingerprint density at radius 1 is 0.679 bits per heavy atom. The number of hydrogen-bond acceptors (Lipinski definition) is 8. The average molecular weight is 420 g/mol. The third-order valence-corrected chi connectivity index (χ3v) is 4.92. The zero-order valence-electron chi connectivity index (χ0n) is 14.9. The Balaban J connectivity index is 0.000000280. The minimum atomic E-state index is -1.43. The number of amidine groups is 2. The van der Waals surface area contributed by atoms with Gasteiger partial charge in [-0.3, -0.25) is 10.8 Å². The van der Waals surface area contributed by atoms with E-state index in [-0.39, 0.29) is 10.3 Å². The van der Waals surface area contributed by atoms with Crippen molar-refractivity contribution in [3.8, 4) is 0 Å². The average Bonchev–Trinajstić information content (AvgIpc) is 2.65. The molecule has 10 N–H and O–H groups in total. The summed E-state index contributed by atoms with van der Waals surface area (Å²) in [7, 11) is -2.85. The van der Waals surface area contributed by atoms with Crippen LogP contribution in [0.1, 0.15) is 11.1 Å². The molecule has 12 heteroatoms. The monoisotopic (exact) mass is 420 g/mol. The first-order valence-electron chi connectivity index (χ1n) is 8.02. The predicted octanol–water partition coefficient (Wildman–Crippen LogP) is -1.01. The molecule has 2 aromatic carbocycles. The standard InChI is InChI=1S/2C8H11BN2O2S/c2*10-8(11)14-5-6-1-3-7(4-2-6)9(12)13/h2*1-4,12-13H,5H2,(H3,10,11). The Morgan fingerprint density at radius 2 is 0.964 bits per heavy atom. The summed E-state index contributed by atoms with van der Waals surface area (Å²) in [6.45, 7) is 0. The Morgan fingerprint density at radius 3 is 1.18 bits per heavy atom. The van der Waals surface area contributed by atoms with Crippen LogP contribution in [0.15, 0.2) is 48.5 Å². The van der Waals surface area contributed by atoms with Gasteiger partial charge in [-0.1, -0.05) is 72.1 Å². The second-order valence-corrected chi connectivity index (χ2v) is 7.57. The van der Waals surface area contributed by atoms with Crippen molar-refractivity contribution in [2.45, 2.75) is 11.5 Å². The molecule has 148 valence electrons. The lowest BCUT2D eigenvalue weighted by atomic mass is 9.80. The molecule has 0 aliphatic rings. The largest absolute Gasteiger partial charge is 0.488 e. The SMILES string of the molecule is N=C(N)SCc1ccc(B(O)O)cc1.N=C(N)SCc1ccc(B(O)O)cc1. The molecule has 0 amide bonds. The van der Waals surface area contributed by atoms with E-state index in [0.717, 1.165) is 11.1 Å². The predicted molar refractivity (Wildman–Crippen MR) is 119 cm³/mol. The highest BCUT2D eigenvalue weighted by molar-refractivity contribution is 8.13. The molecule has 0 heterocycles. The molecule has 0 bridgehead atoms. The fourth-order valence-electron chi connectivity index (χ4n) is 1.89.